The maximum atomic E-state index is 12.3. The summed E-state index contributed by atoms with van der Waals surface area (Å²) in [4.78, 5) is 23.1. The molecule has 1 fully saturated rings. The molecule has 8 nitrogen and oxygen atoms in total. The van der Waals surface area contributed by atoms with Gasteiger partial charge in [0.05, 0.1) is 0 Å². The molecular formula is C20H29N7O. The van der Waals surface area contributed by atoms with E-state index in [-0.39, 0.29) is 5.91 Å². The van der Waals surface area contributed by atoms with Crippen molar-refractivity contribution in [2.45, 2.75) is 26.3 Å². The number of aliphatic imine (C=N–C) groups is 1. The Bertz CT molecular complexity index is 787. The predicted molar refractivity (Wildman–Crippen MR) is 109 cm³/mol. The number of carbonyl (C=O) groups is 1. The van der Waals surface area contributed by atoms with Gasteiger partial charge in [-0.25, -0.2) is 9.98 Å². The van der Waals surface area contributed by atoms with E-state index in [1.165, 1.54) is 11.9 Å². The van der Waals surface area contributed by atoms with Crippen LogP contribution in [0.3, 0.4) is 0 Å². The summed E-state index contributed by atoms with van der Waals surface area (Å²) < 4.78 is 1.72. The lowest BCUT2D eigenvalue weighted by atomic mass is 10.1. The molecule has 1 amide bonds. The van der Waals surface area contributed by atoms with Crippen molar-refractivity contribution in [3.63, 3.8) is 0 Å². The Hall–Kier alpha value is -2.90. The standard InChI is InChI=1S/C20H29N7O/c1-3-21-20(23-13-18-24-15-25-26(18)2)22-12-17-11-19(28)27(14-17)10-9-16-7-5-4-6-8-16/h4-8,15,17H,3,9-14H2,1-2H3,(H2,21,22,23). The Kier molecular flexibility index (Phi) is 7.00. The molecular weight excluding hydrogens is 354 g/mol. The van der Waals surface area contributed by atoms with Gasteiger partial charge in [-0.3, -0.25) is 9.48 Å². The number of aryl methyl sites for hydroxylation is 1. The summed E-state index contributed by atoms with van der Waals surface area (Å²) in [7, 11) is 1.85. The average molecular weight is 384 g/mol. The molecule has 0 spiro atoms. The molecule has 1 saturated heterocycles. The van der Waals surface area contributed by atoms with E-state index in [1.54, 1.807) is 4.68 Å². The average Bonchev–Trinajstić information content (AvgIpc) is 3.28. The molecule has 1 aliphatic rings. The lowest BCUT2D eigenvalue weighted by molar-refractivity contribution is -0.127. The van der Waals surface area contributed by atoms with Crippen LogP contribution in [0.5, 0.6) is 0 Å². The number of nitrogens with zero attached hydrogens (tertiary/aromatic N) is 5. The maximum Gasteiger partial charge on any atom is 0.223 e. The minimum atomic E-state index is 0.240. The molecule has 1 aromatic heterocycles. The van der Waals surface area contributed by atoms with Crippen LogP contribution in [0.1, 0.15) is 24.7 Å². The summed E-state index contributed by atoms with van der Waals surface area (Å²) in [6.07, 6.45) is 3.01. The zero-order chi connectivity index (χ0) is 19.8. The lowest BCUT2D eigenvalue weighted by Gasteiger charge is -2.18. The van der Waals surface area contributed by atoms with Crippen molar-refractivity contribution in [1.82, 2.24) is 30.3 Å². The van der Waals surface area contributed by atoms with Gasteiger partial charge in [0, 0.05) is 45.6 Å². The van der Waals surface area contributed by atoms with E-state index in [0.29, 0.717) is 18.9 Å². The number of amides is 1. The Balaban J connectivity index is 1.47. The third kappa shape index (κ3) is 5.55. The molecule has 150 valence electrons. The monoisotopic (exact) mass is 383 g/mol. The molecule has 1 aromatic carbocycles. The summed E-state index contributed by atoms with van der Waals surface area (Å²) in [5.41, 5.74) is 1.27. The second-order valence-electron chi connectivity index (χ2n) is 7.02. The quantitative estimate of drug-likeness (QED) is 0.524. The van der Waals surface area contributed by atoms with Crippen molar-refractivity contribution in [2.24, 2.45) is 18.0 Å². The van der Waals surface area contributed by atoms with Gasteiger partial charge in [0.25, 0.3) is 0 Å². The van der Waals surface area contributed by atoms with Gasteiger partial charge in [-0.15, -0.1) is 0 Å². The molecule has 0 aliphatic carbocycles. The molecule has 2 heterocycles. The Morgan fingerprint density at radius 2 is 2.11 bits per heavy atom. The first-order chi connectivity index (χ1) is 13.7. The van der Waals surface area contributed by atoms with Crippen LogP contribution in [0.2, 0.25) is 0 Å². The summed E-state index contributed by atoms with van der Waals surface area (Å²) in [5, 5.41) is 10.7. The van der Waals surface area contributed by atoms with Crippen LogP contribution in [0.25, 0.3) is 0 Å². The highest BCUT2D eigenvalue weighted by Crippen LogP contribution is 2.17. The molecule has 2 N–H and O–H groups in total. The number of aromatic nitrogens is 3. The number of nitrogens with one attached hydrogen (secondary N) is 2. The first kappa shape index (κ1) is 19.9. The van der Waals surface area contributed by atoms with Gasteiger partial charge >= 0.3 is 0 Å². The van der Waals surface area contributed by atoms with Crippen LogP contribution in [-0.2, 0) is 24.8 Å². The number of benzene rings is 1. The summed E-state index contributed by atoms with van der Waals surface area (Å²) in [5.74, 6) is 2.08. The third-order valence-electron chi connectivity index (χ3n) is 4.89. The van der Waals surface area contributed by atoms with Gasteiger partial charge in [-0.1, -0.05) is 30.3 Å². The highest BCUT2D eigenvalue weighted by molar-refractivity contribution is 5.80. The highest BCUT2D eigenvalue weighted by atomic mass is 16.2. The van der Waals surface area contributed by atoms with Crippen LogP contribution in [0, 0.1) is 5.92 Å². The van der Waals surface area contributed by atoms with E-state index in [2.05, 4.69) is 37.8 Å². The van der Waals surface area contributed by atoms with Gasteiger partial charge in [0.2, 0.25) is 5.91 Å². The smallest absolute Gasteiger partial charge is 0.223 e. The largest absolute Gasteiger partial charge is 0.357 e. The molecule has 2 aromatic rings. The van der Waals surface area contributed by atoms with Gasteiger partial charge in [-0.05, 0) is 18.9 Å². The molecule has 1 unspecified atom stereocenters. The van der Waals surface area contributed by atoms with Crippen molar-refractivity contribution in [3.05, 3.63) is 48.0 Å². The number of rotatable bonds is 8. The normalized spacial score (nSPS) is 17.2. The lowest BCUT2D eigenvalue weighted by Crippen LogP contribution is -2.40. The molecule has 0 saturated carbocycles. The molecule has 1 atom stereocenters. The molecule has 28 heavy (non-hydrogen) atoms. The molecule has 3 rings (SSSR count). The number of likely N-dealkylation sites (tertiary alicyclic amines) is 1. The highest BCUT2D eigenvalue weighted by Gasteiger charge is 2.29. The second kappa shape index (κ2) is 9.87. The minimum Gasteiger partial charge on any atom is -0.357 e. The van der Waals surface area contributed by atoms with Crippen molar-refractivity contribution < 1.29 is 4.79 Å². The summed E-state index contributed by atoms with van der Waals surface area (Å²) >= 11 is 0. The Labute approximate surface area is 166 Å². The second-order valence-corrected chi connectivity index (χ2v) is 7.02. The van der Waals surface area contributed by atoms with Crippen molar-refractivity contribution >= 4 is 11.9 Å². The first-order valence-corrected chi connectivity index (χ1v) is 9.82. The van der Waals surface area contributed by atoms with Crippen LogP contribution >= 0.6 is 0 Å². The topological polar surface area (TPSA) is 87.4 Å². The number of carbonyl (C=O) groups excluding carboxylic acids is 1. The fraction of sp³-hybridized carbons (Fsp3) is 0.500. The fourth-order valence-electron chi connectivity index (χ4n) is 3.31. The summed E-state index contributed by atoms with van der Waals surface area (Å²) in [6.45, 7) is 5.55. The maximum absolute atomic E-state index is 12.3. The van der Waals surface area contributed by atoms with Crippen molar-refractivity contribution in [1.29, 1.82) is 0 Å². The van der Waals surface area contributed by atoms with Crippen LogP contribution in [0.15, 0.2) is 41.7 Å². The predicted octanol–water partition coefficient (Wildman–Crippen LogP) is 0.961. The van der Waals surface area contributed by atoms with E-state index in [0.717, 1.165) is 44.4 Å². The molecule has 0 radical (unpaired) electrons. The van der Waals surface area contributed by atoms with Crippen molar-refractivity contribution in [2.75, 3.05) is 26.2 Å². The van der Waals surface area contributed by atoms with E-state index in [1.807, 2.05) is 37.1 Å². The zero-order valence-corrected chi connectivity index (χ0v) is 16.6. The van der Waals surface area contributed by atoms with Gasteiger partial charge < -0.3 is 15.5 Å². The minimum absolute atomic E-state index is 0.240. The van der Waals surface area contributed by atoms with Crippen LogP contribution in [0.4, 0.5) is 0 Å². The van der Waals surface area contributed by atoms with Crippen LogP contribution in [-0.4, -0.2) is 57.7 Å². The van der Waals surface area contributed by atoms with E-state index < -0.39 is 0 Å². The van der Waals surface area contributed by atoms with E-state index in [4.69, 9.17) is 0 Å². The molecule has 1 aliphatic heterocycles. The van der Waals surface area contributed by atoms with Gasteiger partial charge in [-0.2, -0.15) is 5.10 Å². The summed E-state index contributed by atoms with van der Waals surface area (Å²) in [6, 6.07) is 10.3. The Morgan fingerprint density at radius 1 is 1.29 bits per heavy atom. The number of hydrogen-bond acceptors (Lipinski definition) is 4. The molecule has 8 heteroatoms. The Morgan fingerprint density at radius 3 is 2.82 bits per heavy atom. The van der Waals surface area contributed by atoms with E-state index in [9.17, 15) is 4.79 Å². The zero-order valence-electron chi connectivity index (χ0n) is 16.6. The number of hydrogen-bond donors (Lipinski definition) is 2. The molecule has 0 bridgehead atoms. The first-order valence-electron chi connectivity index (χ1n) is 9.82. The SMILES string of the molecule is CCNC(=NCc1ncnn1C)NCC1CC(=O)N(CCc2ccccc2)C1. The van der Waals surface area contributed by atoms with E-state index >= 15 is 0 Å². The van der Waals surface area contributed by atoms with Crippen LogP contribution < -0.4 is 10.6 Å². The fourth-order valence-corrected chi connectivity index (χ4v) is 3.31. The van der Waals surface area contributed by atoms with Gasteiger partial charge in [0.1, 0.15) is 18.7 Å². The third-order valence-corrected chi connectivity index (χ3v) is 4.89. The van der Waals surface area contributed by atoms with Gasteiger partial charge in [0.15, 0.2) is 5.96 Å². The van der Waals surface area contributed by atoms with Crippen molar-refractivity contribution in [3.8, 4) is 0 Å². The number of guanidine groups is 1.